The predicted octanol–water partition coefficient (Wildman–Crippen LogP) is 5.06. The van der Waals surface area contributed by atoms with E-state index in [4.69, 9.17) is 27.6 Å². The van der Waals surface area contributed by atoms with Crippen LogP contribution in [0.5, 0.6) is 0 Å². The molecule has 2 aromatic heterocycles. The minimum Gasteiger partial charge on any atom is -0.468 e. The standard InChI is InChI=1S/C12H13Cl2NOS/c1-7(9-6-11(13)17-12(9)14)15-8(2)10-4-3-5-16-10/h3-8,15H,1-2H3/t7?,8-/m0/s1. The molecule has 2 heterocycles. The summed E-state index contributed by atoms with van der Waals surface area (Å²) < 4.78 is 6.80. The van der Waals surface area contributed by atoms with E-state index in [1.807, 2.05) is 18.2 Å². The monoisotopic (exact) mass is 289 g/mol. The molecule has 0 bridgehead atoms. The summed E-state index contributed by atoms with van der Waals surface area (Å²) in [4.78, 5) is 0. The molecule has 92 valence electrons. The average molecular weight is 290 g/mol. The molecule has 0 aliphatic carbocycles. The summed E-state index contributed by atoms with van der Waals surface area (Å²) >= 11 is 13.4. The molecule has 0 spiro atoms. The summed E-state index contributed by atoms with van der Waals surface area (Å²) in [5, 5.41) is 3.42. The van der Waals surface area contributed by atoms with Crippen LogP contribution in [-0.4, -0.2) is 0 Å². The molecule has 1 N–H and O–H groups in total. The molecule has 0 aliphatic heterocycles. The Morgan fingerprint density at radius 3 is 2.59 bits per heavy atom. The number of hydrogen-bond acceptors (Lipinski definition) is 3. The van der Waals surface area contributed by atoms with Gasteiger partial charge in [-0.05, 0) is 37.6 Å². The molecule has 2 rings (SSSR count). The highest BCUT2D eigenvalue weighted by Gasteiger charge is 2.17. The Kier molecular flexibility index (Phi) is 4.15. The fraction of sp³-hybridized carbons (Fsp3) is 0.333. The van der Waals surface area contributed by atoms with Crippen LogP contribution in [0, 0.1) is 0 Å². The summed E-state index contributed by atoms with van der Waals surface area (Å²) in [5.41, 5.74) is 1.03. The molecule has 0 radical (unpaired) electrons. The van der Waals surface area contributed by atoms with Crippen LogP contribution in [0.1, 0.15) is 37.3 Å². The highest BCUT2D eigenvalue weighted by molar-refractivity contribution is 7.20. The van der Waals surface area contributed by atoms with Gasteiger partial charge in [-0.1, -0.05) is 23.2 Å². The quantitative estimate of drug-likeness (QED) is 0.851. The van der Waals surface area contributed by atoms with Gasteiger partial charge in [0.2, 0.25) is 0 Å². The third-order valence-corrected chi connectivity index (χ3v) is 4.14. The van der Waals surface area contributed by atoms with Gasteiger partial charge in [-0.3, -0.25) is 0 Å². The fourth-order valence-electron chi connectivity index (χ4n) is 1.73. The van der Waals surface area contributed by atoms with Crippen molar-refractivity contribution in [3.8, 4) is 0 Å². The summed E-state index contributed by atoms with van der Waals surface area (Å²) in [5.74, 6) is 0.911. The van der Waals surface area contributed by atoms with Crippen LogP contribution < -0.4 is 5.32 Å². The zero-order valence-corrected chi connectivity index (χ0v) is 11.9. The van der Waals surface area contributed by atoms with Crippen molar-refractivity contribution in [3.63, 3.8) is 0 Å². The van der Waals surface area contributed by atoms with Crippen LogP contribution in [0.2, 0.25) is 8.67 Å². The third kappa shape index (κ3) is 3.05. The number of hydrogen-bond donors (Lipinski definition) is 1. The van der Waals surface area contributed by atoms with E-state index < -0.39 is 0 Å². The van der Waals surface area contributed by atoms with E-state index in [0.717, 1.165) is 15.7 Å². The first-order chi connectivity index (χ1) is 8.08. The molecule has 2 aromatic rings. The molecule has 2 nitrogen and oxygen atoms in total. The third-order valence-electron chi connectivity index (χ3n) is 2.62. The van der Waals surface area contributed by atoms with E-state index in [0.29, 0.717) is 4.34 Å². The zero-order chi connectivity index (χ0) is 12.4. The normalized spacial score (nSPS) is 14.8. The van der Waals surface area contributed by atoms with E-state index in [9.17, 15) is 0 Å². The molecule has 1 unspecified atom stereocenters. The van der Waals surface area contributed by atoms with E-state index in [2.05, 4.69) is 19.2 Å². The van der Waals surface area contributed by atoms with Crippen molar-refractivity contribution in [1.82, 2.24) is 5.32 Å². The van der Waals surface area contributed by atoms with E-state index in [-0.39, 0.29) is 12.1 Å². The maximum atomic E-state index is 6.12. The maximum absolute atomic E-state index is 6.12. The van der Waals surface area contributed by atoms with Crippen LogP contribution in [0.4, 0.5) is 0 Å². The molecule has 5 heteroatoms. The first kappa shape index (κ1) is 13.0. The highest BCUT2D eigenvalue weighted by Crippen LogP contribution is 2.35. The van der Waals surface area contributed by atoms with Gasteiger partial charge in [0.15, 0.2) is 0 Å². The maximum Gasteiger partial charge on any atom is 0.120 e. The minimum absolute atomic E-state index is 0.131. The second-order valence-electron chi connectivity index (χ2n) is 3.91. The van der Waals surface area contributed by atoms with Crippen LogP contribution in [0.25, 0.3) is 0 Å². The largest absolute Gasteiger partial charge is 0.468 e. The summed E-state index contributed by atoms with van der Waals surface area (Å²) in [6.45, 7) is 4.11. The van der Waals surface area contributed by atoms with Crippen molar-refractivity contribution in [1.29, 1.82) is 0 Å². The fourth-order valence-corrected chi connectivity index (χ4v) is 3.38. The summed E-state index contributed by atoms with van der Waals surface area (Å²) in [6, 6.07) is 6.00. The van der Waals surface area contributed by atoms with Gasteiger partial charge in [0.25, 0.3) is 0 Å². The number of nitrogens with one attached hydrogen (secondary N) is 1. The molecule has 0 aromatic carbocycles. The first-order valence-electron chi connectivity index (χ1n) is 5.32. The molecule has 0 amide bonds. The molecule has 0 saturated heterocycles. The second-order valence-corrected chi connectivity index (χ2v) is 6.19. The Balaban J connectivity index is 2.06. The van der Waals surface area contributed by atoms with Crippen molar-refractivity contribution in [3.05, 3.63) is 44.5 Å². The van der Waals surface area contributed by atoms with Gasteiger partial charge >= 0.3 is 0 Å². The Morgan fingerprint density at radius 1 is 1.29 bits per heavy atom. The molecular weight excluding hydrogens is 277 g/mol. The zero-order valence-electron chi connectivity index (χ0n) is 9.54. The lowest BCUT2D eigenvalue weighted by atomic mass is 10.1. The molecule has 0 saturated carbocycles. The van der Waals surface area contributed by atoms with E-state index in [1.165, 1.54) is 11.3 Å². The second kappa shape index (κ2) is 5.44. The van der Waals surface area contributed by atoms with E-state index >= 15 is 0 Å². The predicted molar refractivity (Wildman–Crippen MR) is 73.0 cm³/mol. The number of furan rings is 1. The number of rotatable bonds is 4. The summed E-state index contributed by atoms with van der Waals surface area (Å²) in [7, 11) is 0. The molecular formula is C12H13Cl2NOS. The van der Waals surface area contributed by atoms with Crippen LogP contribution in [0.15, 0.2) is 28.9 Å². The lowest BCUT2D eigenvalue weighted by Gasteiger charge is -2.18. The Bertz CT molecular complexity index is 481. The topological polar surface area (TPSA) is 25.2 Å². The summed E-state index contributed by atoms with van der Waals surface area (Å²) in [6.07, 6.45) is 1.67. The lowest BCUT2D eigenvalue weighted by Crippen LogP contribution is -2.21. The van der Waals surface area contributed by atoms with Crippen molar-refractivity contribution < 1.29 is 4.42 Å². The molecule has 0 fully saturated rings. The van der Waals surface area contributed by atoms with Crippen LogP contribution >= 0.6 is 34.5 Å². The SMILES string of the molecule is CC(N[C@@H](C)c1ccco1)c1cc(Cl)sc1Cl. The minimum atomic E-state index is 0.131. The smallest absolute Gasteiger partial charge is 0.120 e. The highest BCUT2D eigenvalue weighted by atomic mass is 35.5. The van der Waals surface area contributed by atoms with Gasteiger partial charge < -0.3 is 9.73 Å². The van der Waals surface area contributed by atoms with Gasteiger partial charge in [-0.25, -0.2) is 0 Å². The van der Waals surface area contributed by atoms with Crippen molar-refractivity contribution in [2.45, 2.75) is 25.9 Å². The Hall–Kier alpha value is -0.480. The Labute approximate surface area is 115 Å². The molecule has 2 atom stereocenters. The Morgan fingerprint density at radius 2 is 2.06 bits per heavy atom. The lowest BCUT2D eigenvalue weighted by molar-refractivity contribution is 0.403. The van der Waals surface area contributed by atoms with E-state index in [1.54, 1.807) is 6.26 Å². The molecule has 17 heavy (non-hydrogen) atoms. The van der Waals surface area contributed by atoms with Crippen molar-refractivity contribution in [2.24, 2.45) is 0 Å². The van der Waals surface area contributed by atoms with Gasteiger partial charge in [0.05, 0.1) is 21.0 Å². The first-order valence-corrected chi connectivity index (χ1v) is 6.89. The van der Waals surface area contributed by atoms with Crippen LogP contribution in [0.3, 0.4) is 0 Å². The van der Waals surface area contributed by atoms with Crippen molar-refractivity contribution >= 4 is 34.5 Å². The van der Waals surface area contributed by atoms with Gasteiger partial charge in [-0.15, -0.1) is 11.3 Å². The van der Waals surface area contributed by atoms with Gasteiger partial charge in [-0.2, -0.15) is 0 Å². The molecule has 0 aliphatic rings. The van der Waals surface area contributed by atoms with Crippen molar-refractivity contribution in [2.75, 3.05) is 0 Å². The average Bonchev–Trinajstić information content (AvgIpc) is 2.87. The van der Waals surface area contributed by atoms with Gasteiger partial charge in [0, 0.05) is 6.04 Å². The van der Waals surface area contributed by atoms with Gasteiger partial charge in [0.1, 0.15) is 5.76 Å². The number of halogens is 2. The van der Waals surface area contributed by atoms with Crippen LogP contribution in [-0.2, 0) is 0 Å². The number of thiophene rings is 1.